The number of piperazine rings is 1. The molecule has 29 heavy (non-hydrogen) atoms. The predicted molar refractivity (Wildman–Crippen MR) is 111 cm³/mol. The molecule has 0 spiro atoms. The van der Waals surface area contributed by atoms with Crippen molar-refractivity contribution < 1.29 is 8.42 Å². The molecule has 0 unspecified atom stereocenters. The number of benzene rings is 1. The molecule has 0 N–H and O–H groups in total. The predicted octanol–water partition coefficient (Wildman–Crippen LogP) is 2.79. The van der Waals surface area contributed by atoms with Gasteiger partial charge in [-0.3, -0.25) is 4.57 Å². The normalized spacial score (nSPS) is 15.6. The zero-order chi connectivity index (χ0) is 20.6. The SMILES string of the molecule is Cc1nccn1-c1ccc(N2CCN(S(=O)(=O)c3cc(Cl)ccc3Cl)CC2)nn1. The van der Waals surface area contributed by atoms with E-state index < -0.39 is 10.0 Å². The van der Waals surface area contributed by atoms with E-state index in [4.69, 9.17) is 23.2 Å². The van der Waals surface area contributed by atoms with Gasteiger partial charge in [-0.05, 0) is 37.3 Å². The van der Waals surface area contributed by atoms with Gasteiger partial charge in [0.15, 0.2) is 11.6 Å². The Labute approximate surface area is 178 Å². The van der Waals surface area contributed by atoms with Gasteiger partial charge in [0.25, 0.3) is 0 Å². The number of rotatable bonds is 4. The number of anilines is 1. The third-order valence-electron chi connectivity index (χ3n) is 4.78. The van der Waals surface area contributed by atoms with Crippen molar-refractivity contribution in [3.63, 3.8) is 0 Å². The largest absolute Gasteiger partial charge is 0.352 e. The smallest absolute Gasteiger partial charge is 0.244 e. The molecule has 0 bridgehead atoms. The first-order chi connectivity index (χ1) is 13.9. The van der Waals surface area contributed by atoms with Gasteiger partial charge in [-0.2, -0.15) is 4.31 Å². The van der Waals surface area contributed by atoms with Crippen LogP contribution in [0.25, 0.3) is 5.82 Å². The molecular weight excluding hydrogens is 435 g/mol. The van der Waals surface area contributed by atoms with E-state index in [1.165, 1.54) is 16.4 Å². The van der Waals surface area contributed by atoms with E-state index in [1.54, 1.807) is 12.3 Å². The lowest BCUT2D eigenvalue weighted by atomic mass is 10.3. The molecular formula is C18H18Cl2N6O2S. The van der Waals surface area contributed by atoms with E-state index in [1.807, 2.05) is 34.7 Å². The molecule has 1 saturated heterocycles. The molecule has 0 saturated carbocycles. The fraction of sp³-hybridized carbons (Fsp3) is 0.278. The second-order valence-electron chi connectivity index (χ2n) is 6.56. The first-order valence-corrected chi connectivity index (χ1v) is 11.1. The summed E-state index contributed by atoms with van der Waals surface area (Å²) in [6, 6.07) is 8.18. The van der Waals surface area contributed by atoms with E-state index in [0.29, 0.717) is 42.8 Å². The van der Waals surface area contributed by atoms with Crippen molar-refractivity contribution in [3.8, 4) is 5.82 Å². The number of imidazole rings is 1. The van der Waals surface area contributed by atoms with Crippen molar-refractivity contribution in [2.75, 3.05) is 31.1 Å². The summed E-state index contributed by atoms with van der Waals surface area (Å²) in [5.41, 5.74) is 0. The Balaban J connectivity index is 1.47. The van der Waals surface area contributed by atoms with Crippen LogP contribution in [-0.2, 0) is 10.0 Å². The van der Waals surface area contributed by atoms with Crippen molar-refractivity contribution >= 4 is 39.0 Å². The minimum atomic E-state index is -3.72. The maximum Gasteiger partial charge on any atom is 0.244 e. The summed E-state index contributed by atoms with van der Waals surface area (Å²) < 4.78 is 29.1. The number of aryl methyl sites for hydroxylation is 1. The molecule has 2 aromatic heterocycles. The van der Waals surface area contributed by atoms with Gasteiger partial charge < -0.3 is 4.90 Å². The summed E-state index contributed by atoms with van der Waals surface area (Å²) >= 11 is 12.0. The lowest BCUT2D eigenvalue weighted by Crippen LogP contribution is -2.49. The molecule has 0 atom stereocenters. The molecule has 0 aliphatic carbocycles. The average molecular weight is 453 g/mol. The minimum Gasteiger partial charge on any atom is -0.352 e. The Morgan fingerprint density at radius 1 is 0.966 bits per heavy atom. The standard InChI is InChI=1S/C18H18Cl2N6O2S/c1-13-21-6-7-26(13)18-5-4-17(22-23-18)24-8-10-25(11-9-24)29(27,28)16-12-14(19)2-3-15(16)20/h2-7,12H,8-11H2,1H3. The Bertz CT molecular complexity index is 1130. The van der Waals surface area contributed by atoms with E-state index in [2.05, 4.69) is 15.2 Å². The highest BCUT2D eigenvalue weighted by Crippen LogP contribution is 2.28. The third-order valence-corrected chi connectivity index (χ3v) is 7.40. The number of nitrogens with zero attached hydrogens (tertiary/aromatic N) is 6. The van der Waals surface area contributed by atoms with Crippen molar-refractivity contribution in [3.05, 3.63) is 58.6 Å². The topological polar surface area (TPSA) is 84.2 Å². The van der Waals surface area contributed by atoms with Gasteiger partial charge in [0.1, 0.15) is 10.7 Å². The van der Waals surface area contributed by atoms with Gasteiger partial charge in [0, 0.05) is 43.6 Å². The Hall–Kier alpha value is -2.20. The highest BCUT2D eigenvalue weighted by Gasteiger charge is 2.30. The fourth-order valence-corrected chi connectivity index (χ4v) is 5.37. The Morgan fingerprint density at radius 3 is 2.28 bits per heavy atom. The van der Waals surface area contributed by atoms with Crippen molar-refractivity contribution in [1.29, 1.82) is 0 Å². The van der Waals surface area contributed by atoms with Crippen LogP contribution in [0.4, 0.5) is 5.82 Å². The summed E-state index contributed by atoms with van der Waals surface area (Å²) in [4.78, 5) is 6.21. The van der Waals surface area contributed by atoms with Crippen LogP contribution in [0.5, 0.6) is 0 Å². The van der Waals surface area contributed by atoms with Crippen LogP contribution in [-0.4, -0.2) is 58.7 Å². The maximum atomic E-state index is 12.9. The summed E-state index contributed by atoms with van der Waals surface area (Å²) in [5.74, 6) is 2.20. The molecule has 152 valence electrons. The molecule has 1 fully saturated rings. The van der Waals surface area contributed by atoms with Gasteiger partial charge in [-0.15, -0.1) is 10.2 Å². The molecule has 3 heterocycles. The van der Waals surface area contributed by atoms with Crippen LogP contribution >= 0.6 is 23.2 Å². The van der Waals surface area contributed by atoms with Gasteiger partial charge in [0.2, 0.25) is 10.0 Å². The highest BCUT2D eigenvalue weighted by molar-refractivity contribution is 7.89. The van der Waals surface area contributed by atoms with Crippen molar-refractivity contribution in [1.82, 2.24) is 24.1 Å². The zero-order valence-electron chi connectivity index (χ0n) is 15.5. The molecule has 0 amide bonds. The fourth-order valence-electron chi connectivity index (χ4n) is 3.21. The number of hydrogen-bond acceptors (Lipinski definition) is 6. The quantitative estimate of drug-likeness (QED) is 0.604. The summed E-state index contributed by atoms with van der Waals surface area (Å²) in [5, 5.41) is 9.04. The van der Waals surface area contributed by atoms with Crippen LogP contribution in [0.1, 0.15) is 5.82 Å². The number of aromatic nitrogens is 4. The number of hydrogen-bond donors (Lipinski definition) is 0. The molecule has 8 nitrogen and oxygen atoms in total. The molecule has 1 aromatic carbocycles. The number of sulfonamides is 1. The molecule has 1 aliphatic rings. The van der Waals surface area contributed by atoms with E-state index in [9.17, 15) is 8.42 Å². The maximum absolute atomic E-state index is 12.9. The Morgan fingerprint density at radius 2 is 1.66 bits per heavy atom. The minimum absolute atomic E-state index is 0.0277. The van der Waals surface area contributed by atoms with Crippen molar-refractivity contribution in [2.45, 2.75) is 11.8 Å². The zero-order valence-corrected chi connectivity index (χ0v) is 17.9. The molecule has 1 aliphatic heterocycles. The lowest BCUT2D eigenvalue weighted by Gasteiger charge is -2.34. The Kier molecular flexibility index (Phi) is 5.48. The van der Waals surface area contributed by atoms with E-state index in [-0.39, 0.29) is 9.92 Å². The van der Waals surface area contributed by atoms with Crippen LogP contribution in [0, 0.1) is 6.92 Å². The summed E-state index contributed by atoms with van der Waals surface area (Å²) in [6.45, 7) is 3.51. The third kappa shape index (κ3) is 3.95. The van der Waals surface area contributed by atoms with Crippen LogP contribution in [0.3, 0.4) is 0 Å². The van der Waals surface area contributed by atoms with Crippen LogP contribution in [0.15, 0.2) is 47.6 Å². The second kappa shape index (κ2) is 7.91. The number of halogens is 2. The van der Waals surface area contributed by atoms with Gasteiger partial charge in [0.05, 0.1) is 5.02 Å². The van der Waals surface area contributed by atoms with Crippen LogP contribution < -0.4 is 4.90 Å². The molecule has 4 rings (SSSR count). The van der Waals surface area contributed by atoms with Gasteiger partial charge >= 0.3 is 0 Å². The summed E-state index contributed by atoms with van der Waals surface area (Å²) in [6.07, 6.45) is 3.53. The first kappa shape index (κ1) is 20.1. The summed E-state index contributed by atoms with van der Waals surface area (Å²) in [7, 11) is -3.72. The molecule has 11 heteroatoms. The van der Waals surface area contributed by atoms with Crippen molar-refractivity contribution in [2.24, 2.45) is 0 Å². The lowest BCUT2D eigenvalue weighted by molar-refractivity contribution is 0.383. The first-order valence-electron chi connectivity index (χ1n) is 8.90. The van der Waals surface area contributed by atoms with Gasteiger partial charge in [-0.1, -0.05) is 23.2 Å². The van der Waals surface area contributed by atoms with E-state index >= 15 is 0 Å². The van der Waals surface area contributed by atoms with E-state index in [0.717, 1.165) is 5.82 Å². The van der Waals surface area contributed by atoms with Gasteiger partial charge in [-0.25, -0.2) is 13.4 Å². The molecule has 0 radical (unpaired) electrons. The van der Waals surface area contributed by atoms with Crippen LogP contribution in [0.2, 0.25) is 10.0 Å². The second-order valence-corrected chi connectivity index (χ2v) is 9.31. The average Bonchev–Trinajstić information content (AvgIpc) is 3.16. The monoisotopic (exact) mass is 452 g/mol. The highest BCUT2D eigenvalue weighted by atomic mass is 35.5. The molecule has 3 aromatic rings.